The molecular weight excluding hydrogens is 230 g/mol. The molecule has 1 spiro atoms. The Balaban J connectivity index is 1.82. The smallest absolute Gasteiger partial charge is 0.171 e. The van der Waals surface area contributed by atoms with Crippen LogP contribution in [0, 0.1) is 5.92 Å². The van der Waals surface area contributed by atoms with E-state index in [2.05, 4.69) is 13.8 Å². The van der Waals surface area contributed by atoms with Crippen LogP contribution in [0.3, 0.4) is 0 Å². The second-order valence-corrected chi connectivity index (χ2v) is 5.78. The average Bonchev–Trinajstić information content (AvgIpc) is 2.80. The van der Waals surface area contributed by atoms with Gasteiger partial charge >= 0.3 is 0 Å². The van der Waals surface area contributed by atoms with Gasteiger partial charge < -0.3 is 19.9 Å². The minimum Gasteiger partial charge on any atom is -0.376 e. The van der Waals surface area contributed by atoms with Gasteiger partial charge in [0.05, 0.1) is 19.3 Å². The first kappa shape index (κ1) is 14.3. The first-order valence-corrected chi connectivity index (χ1v) is 7.30. The summed E-state index contributed by atoms with van der Waals surface area (Å²) in [6.45, 7) is 6.64. The molecule has 18 heavy (non-hydrogen) atoms. The summed E-state index contributed by atoms with van der Waals surface area (Å²) in [4.78, 5) is 0. The third-order valence-electron chi connectivity index (χ3n) is 4.04. The van der Waals surface area contributed by atoms with Crippen molar-refractivity contribution < 1.29 is 14.2 Å². The Morgan fingerprint density at radius 3 is 2.78 bits per heavy atom. The van der Waals surface area contributed by atoms with Crippen LogP contribution < -0.4 is 5.73 Å². The first-order chi connectivity index (χ1) is 8.65. The van der Waals surface area contributed by atoms with E-state index in [1.165, 1.54) is 12.8 Å². The van der Waals surface area contributed by atoms with Gasteiger partial charge in [0.25, 0.3) is 0 Å². The second-order valence-electron chi connectivity index (χ2n) is 5.78. The zero-order valence-electron chi connectivity index (χ0n) is 11.7. The summed E-state index contributed by atoms with van der Waals surface area (Å²) in [6.07, 6.45) is 5.10. The SMILES string of the molecule is CCCC(C)COC1CC2(CCC1N)OCCO2. The lowest BCUT2D eigenvalue weighted by Crippen LogP contribution is -2.50. The van der Waals surface area contributed by atoms with Crippen LogP contribution in [0.2, 0.25) is 0 Å². The maximum atomic E-state index is 6.15. The van der Waals surface area contributed by atoms with Gasteiger partial charge in [0.15, 0.2) is 5.79 Å². The Kier molecular flexibility index (Phi) is 5.01. The van der Waals surface area contributed by atoms with E-state index in [4.69, 9.17) is 19.9 Å². The molecule has 1 aliphatic carbocycles. The van der Waals surface area contributed by atoms with E-state index >= 15 is 0 Å². The van der Waals surface area contributed by atoms with Gasteiger partial charge in [-0.2, -0.15) is 0 Å². The summed E-state index contributed by atoms with van der Waals surface area (Å²) >= 11 is 0. The van der Waals surface area contributed by atoms with Crippen molar-refractivity contribution in [3.63, 3.8) is 0 Å². The highest BCUT2D eigenvalue weighted by molar-refractivity contribution is 4.90. The number of ether oxygens (including phenoxy) is 3. The van der Waals surface area contributed by atoms with Gasteiger partial charge in [-0.25, -0.2) is 0 Å². The van der Waals surface area contributed by atoms with Crippen LogP contribution in [0.4, 0.5) is 0 Å². The van der Waals surface area contributed by atoms with Crippen molar-refractivity contribution in [2.45, 2.75) is 63.9 Å². The fourth-order valence-electron chi connectivity index (χ4n) is 2.94. The lowest BCUT2D eigenvalue weighted by atomic mass is 9.88. The second kappa shape index (κ2) is 6.33. The number of rotatable bonds is 5. The Hall–Kier alpha value is -0.160. The fourth-order valence-corrected chi connectivity index (χ4v) is 2.94. The van der Waals surface area contributed by atoms with Gasteiger partial charge in [-0.05, 0) is 18.8 Å². The molecule has 1 heterocycles. The molecule has 2 rings (SSSR count). The predicted octanol–water partition coefficient (Wildman–Crippen LogP) is 2.06. The average molecular weight is 257 g/mol. The van der Waals surface area contributed by atoms with E-state index in [1.54, 1.807) is 0 Å². The molecule has 4 heteroatoms. The maximum absolute atomic E-state index is 6.15. The molecule has 0 radical (unpaired) electrons. The van der Waals surface area contributed by atoms with E-state index in [1.807, 2.05) is 0 Å². The molecule has 3 atom stereocenters. The van der Waals surface area contributed by atoms with Gasteiger partial charge in [0.1, 0.15) is 0 Å². The Labute approximate surface area is 110 Å². The summed E-state index contributed by atoms with van der Waals surface area (Å²) in [5.74, 6) is 0.208. The highest BCUT2D eigenvalue weighted by Crippen LogP contribution is 2.36. The van der Waals surface area contributed by atoms with Crippen LogP contribution in [-0.2, 0) is 14.2 Å². The zero-order valence-corrected chi connectivity index (χ0v) is 11.7. The molecule has 0 bridgehead atoms. The maximum Gasteiger partial charge on any atom is 0.171 e. The monoisotopic (exact) mass is 257 g/mol. The molecule has 1 saturated heterocycles. The molecule has 1 saturated carbocycles. The van der Waals surface area contributed by atoms with Crippen LogP contribution in [0.25, 0.3) is 0 Å². The molecule has 3 unspecified atom stereocenters. The van der Waals surface area contributed by atoms with Crippen molar-refractivity contribution in [3.05, 3.63) is 0 Å². The van der Waals surface area contributed by atoms with Gasteiger partial charge in [-0.3, -0.25) is 0 Å². The van der Waals surface area contributed by atoms with Crippen molar-refractivity contribution >= 4 is 0 Å². The molecule has 0 aromatic carbocycles. The van der Waals surface area contributed by atoms with E-state index < -0.39 is 5.79 Å². The zero-order chi connectivity index (χ0) is 13.0. The van der Waals surface area contributed by atoms with Crippen LogP contribution in [-0.4, -0.2) is 37.8 Å². The number of hydrogen-bond donors (Lipinski definition) is 1. The fraction of sp³-hybridized carbons (Fsp3) is 1.00. The summed E-state index contributed by atoms with van der Waals surface area (Å²) in [5.41, 5.74) is 6.15. The molecule has 4 nitrogen and oxygen atoms in total. The number of nitrogens with two attached hydrogens (primary N) is 1. The highest BCUT2D eigenvalue weighted by atomic mass is 16.7. The van der Waals surface area contributed by atoms with E-state index in [0.29, 0.717) is 19.1 Å². The van der Waals surface area contributed by atoms with Crippen LogP contribution >= 0.6 is 0 Å². The van der Waals surface area contributed by atoms with Crippen molar-refractivity contribution in [2.75, 3.05) is 19.8 Å². The Morgan fingerprint density at radius 1 is 1.39 bits per heavy atom. The van der Waals surface area contributed by atoms with E-state index in [9.17, 15) is 0 Å². The molecule has 2 aliphatic rings. The number of hydrogen-bond acceptors (Lipinski definition) is 4. The predicted molar refractivity (Wildman–Crippen MR) is 70.3 cm³/mol. The van der Waals surface area contributed by atoms with Crippen molar-refractivity contribution in [1.29, 1.82) is 0 Å². The molecule has 2 fully saturated rings. The summed E-state index contributed by atoms with van der Waals surface area (Å²) in [5, 5.41) is 0. The standard InChI is InChI=1S/C14H27NO3/c1-3-4-11(2)10-16-13-9-14(6-5-12(13)15)17-7-8-18-14/h11-13H,3-10,15H2,1-2H3. The molecular formula is C14H27NO3. The minimum atomic E-state index is -0.394. The first-order valence-electron chi connectivity index (χ1n) is 7.30. The van der Waals surface area contributed by atoms with Crippen molar-refractivity contribution in [3.8, 4) is 0 Å². The van der Waals surface area contributed by atoms with Crippen LogP contribution in [0.1, 0.15) is 46.0 Å². The summed E-state index contributed by atoms with van der Waals surface area (Å²) in [7, 11) is 0. The van der Waals surface area contributed by atoms with Gasteiger partial charge in [-0.15, -0.1) is 0 Å². The third-order valence-corrected chi connectivity index (χ3v) is 4.04. The van der Waals surface area contributed by atoms with E-state index in [0.717, 1.165) is 25.9 Å². The summed E-state index contributed by atoms with van der Waals surface area (Å²) in [6, 6.07) is 0.122. The van der Waals surface area contributed by atoms with Gasteiger partial charge in [0, 0.05) is 25.5 Å². The molecule has 106 valence electrons. The topological polar surface area (TPSA) is 53.7 Å². The molecule has 0 aromatic heterocycles. The summed E-state index contributed by atoms with van der Waals surface area (Å²) < 4.78 is 17.5. The Morgan fingerprint density at radius 2 is 2.11 bits per heavy atom. The lowest BCUT2D eigenvalue weighted by Gasteiger charge is -2.39. The van der Waals surface area contributed by atoms with Gasteiger partial charge in [0.2, 0.25) is 0 Å². The van der Waals surface area contributed by atoms with Crippen LogP contribution in [0.5, 0.6) is 0 Å². The quantitative estimate of drug-likeness (QED) is 0.819. The molecule has 0 amide bonds. The lowest BCUT2D eigenvalue weighted by molar-refractivity contribution is -0.206. The molecule has 1 aliphatic heterocycles. The third kappa shape index (κ3) is 3.44. The largest absolute Gasteiger partial charge is 0.376 e. The van der Waals surface area contributed by atoms with Crippen molar-refractivity contribution in [2.24, 2.45) is 11.7 Å². The van der Waals surface area contributed by atoms with Crippen LogP contribution in [0.15, 0.2) is 0 Å². The molecule has 2 N–H and O–H groups in total. The van der Waals surface area contributed by atoms with E-state index in [-0.39, 0.29) is 12.1 Å². The normalized spacial score (nSPS) is 32.8. The minimum absolute atomic E-state index is 0.0798. The van der Waals surface area contributed by atoms with Gasteiger partial charge in [-0.1, -0.05) is 20.3 Å². The highest BCUT2D eigenvalue weighted by Gasteiger charge is 2.44. The molecule has 0 aromatic rings. The van der Waals surface area contributed by atoms with Crippen molar-refractivity contribution in [1.82, 2.24) is 0 Å². The Bertz CT molecular complexity index is 253.